The molecule has 1 aromatic heterocycles. The van der Waals surface area contributed by atoms with Gasteiger partial charge in [0.05, 0.1) is 11.0 Å². The van der Waals surface area contributed by atoms with Crippen molar-refractivity contribution in [1.29, 1.82) is 0 Å². The molecule has 0 radical (unpaired) electrons. The van der Waals surface area contributed by atoms with E-state index in [9.17, 15) is 19.2 Å². The molecule has 182 valence electrons. The second-order valence-corrected chi connectivity index (χ2v) is 8.98. The zero-order valence-corrected chi connectivity index (χ0v) is 19.7. The van der Waals surface area contributed by atoms with Gasteiger partial charge in [-0.25, -0.2) is 0 Å². The third kappa shape index (κ3) is 4.96. The molecule has 0 atom stereocenters. The quantitative estimate of drug-likeness (QED) is 0.324. The summed E-state index contributed by atoms with van der Waals surface area (Å²) >= 11 is 0. The van der Waals surface area contributed by atoms with Gasteiger partial charge in [0.25, 0.3) is 11.8 Å². The second-order valence-electron chi connectivity index (χ2n) is 8.98. The Hall–Kier alpha value is -4.50. The van der Waals surface area contributed by atoms with E-state index >= 15 is 0 Å². The minimum Gasteiger partial charge on any atom is -0.348 e. The average molecular weight is 484 g/mol. The Bertz CT molecular complexity index is 1600. The molecule has 2 amide bonds. The molecule has 0 fully saturated rings. The van der Waals surface area contributed by atoms with Crippen LogP contribution >= 0.6 is 0 Å². The Morgan fingerprint density at radius 1 is 0.861 bits per heavy atom. The Morgan fingerprint density at radius 2 is 1.64 bits per heavy atom. The Labute approximate surface area is 206 Å². The van der Waals surface area contributed by atoms with Gasteiger partial charge in [-0.15, -0.1) is 0 Å². The maximum absolute atomic E-state index is 12.9. The number of hydrogen-bond donors (Lipinski definition) is 4. The maximum atomic E-state index is 12.9. The fraction of sp³-hybridized carbons (Fsp3) is 0.185. The van der Waals surface area contributed by atoms with Gasteiger partial charge in [-0.1, -0.05) is 18.2 Å². The van der Waals surface area contributed by atoms with Crippen LogP contribution in [-0.2, 0) is 19.5 Å². The Balaban J connectivity index is 1.25. The van der Waals surface area contributed by atoms with Gasteiger partial charge in [0.1, 0.15) is 0 Å². The van der Waals surface area contributed by atoms with Gasteiger partial charge in [0.2, 0.25) is 0 Å². The molecule has 4 aromatic rings. The van der Waals surface area contributed by atoms with E-state index in [1.165, 1.54) is 17.2 Å². The number of nitrogens with one attached hydrogen (secondary N) is 4. The van der Waals surface area contributed by atoms with Crippen LogP contribution in [0.5, 0.6) is 0 Å². The zero-order chi connectivity index (χ0) is 25.2. The van der Waals surface area contributed by atoms with Gasteiger partial charge in [0.15, 0.2) is 0 Å². The molecule has 0 saturated carbocycles. The first kappa shape index (κ1) is 23.3. The van der Waals surface area contributed by atoms with E-state index in [2.05, 4.69) is 38.6 Å². The van der Waals surface area contributed by atoms with Gasteiger partial charge in [0, 0.05) is 36.4 Å². The SMILES string of the molecule is CN1CCc2ccc(NC(=O)c3cccc(CNC(=O)c4ccc5[nH]c(=O)c(=O)[nH]c5c4)c3)cc2C1. The zero-order valence-electron chi connectivity index (χ0n) is 19.7. The molecule has 36 heavy (non-hydrogen) atoms. The number of carbonyl (C=O) groups excluding carboxylic acids is 2. The summed E-state index contributed by atoms with van der Waals surface area (Å²) in [6.07, 6.45) is 1.00. The number of amides is 2. The number of fused-ring (bicyclic) bond motifs is 2. The molecule has 9 heteroatoms. The van der Waals surface area contributed by atoms with Crippen LogP contribution in [0.15, 0.2) is 70.3 Å². The number of carbonyl (C=O) groups is 2. The highest BCUT2D eigenvalue weighted by atomic mass is 16.2. The summed E-state index contributed by atoms with van der Waals surface area (Å²) in [5.41, 5.74) is 4.14. The lowest BCUT2D eigenvalue weighted by molar-refractivity contribution is 0.0950. The first-order valence-electron chi connectivity index (χ1n) is 11.6. The van der Waals surface area contributed by atoms with Gasteiger partial charge >= 0.3 is 11.1 Å². The number of benzene rings is 3. The summed E-state index contributed by atoms with van der Waals surface area (Å²) in [6.45, 7) is 2.11. The van der Waals surface area contributed by atoms with Crippen LogP contribution in [0.2, 0.25) is 0 Å². The van der Waals surface area contributed by atoms with Crippen molar-refractivity contribution in [1.82, 2.24) is 20.2 Å². The van der Waals surface area contributed by atoms with Gasteiger partial charge in [-0.05, 0) is 72.6 Å². The van der Waals surface area contributed by atoms with E-state index in [4.69, 9.17) is 0 Å². The predicted octanol–water partition coefficient (Wildman–Crippen LogP) is 2.39. The third-order valence-electron chi connectivity index (χ3n) is 6.29. The van der Waals surface area contributed by atoms with Crippen molar-refractivity contribution in [2.24, 2.45) is 0 Å². The standard InChI is InChI=1S/C27H25N5O4/c1-32-10-9-17-5-7-21(12-20(17)15-32)29-25(34)18-4-2-3-16(11-18)14-28-24(33)19-6-8-22-23(13-19)31-27(36)26(35)30-22/h2-8,11-13H,9-10,14-15H2,1H3,(H,28,33)(H,29,34)(H,30,35)(H,31,36). The van der Waals surface area contributed by atoms with E-state index in [0.717, 1.165) is 30.8 Å². The van der Waals surface area contributed by atoms with Crippen LogP contribution in [0.1, 0.15) is 37.4 Å². The summed E-state index contributed by atoms with van der Waals surface area (Å²) in [4.78, 5) is 55.7. The molecule has 9 nitrogen and oxygen atoms in total. The summed E-state index contributed by atoms with van der Waals surface area (Å²) in [5.74, 6) is -0.572. The average Bonchev–Trinajstić information content (AvgIpc) is 2.87. The van der Waals surface area contributed by atoms with E-state index < -0.39 is 11.1 Å². The van der Waals surface area contributed by atoms with Crippen molar-refractivity contribution in [3.63, 3.8) is 0 Å². The number of H-pyrrole nitrogens is 2. The minimum absolute atomic E-state index is 0.214. The van der Waals surface area contributed by atoms with Crippen molar-refractivity contribution in [3.8, 4) is 0 Å². The summed E-state index contributed by atoms with van der Waals surface area (Å²) in [6, 6.07) is 17.7. The highest BCUT2D eigenvalue weighted by Gasteiger charge is 2.15. The molecular weight excluding hydrogens is 458 g/mol. The monoisotopic (exact) mass is 483 g/mol. The molecule has 0 aliphatic carbocycles. The molecule has 1 aliphatic rings. The van der Waals surface area contributed by atoms with E-state index in [1.54, 1.807) is 30.3 Å². The van der Waals surface area contributed by atoms with E-state index in [0.29, 0.717) is 22.2 Å². The fourth-order valence-corrected chi connectivity index (χ4v) is 4.34. The first-order chi connectivity index (χ1) is 17.4. The first-order valence-corrected chi connectivity index (χ1v) is 11.6. The van der Waals surface area contributed by atoms with Crippen molar-refractivity contribution in [3.05, 3.63) is 109 Å². The lowest BCUT2D eigenvalue weighted by atomic mass is 9.99. The number of likely N-dealkylation sites (N-methyl/N-ethyl adjacent to an activating group) is 1. The smallest absolute Gasteiger partial charge is 0.314 e. The van der Waals surface area contributed by atoms with Gasteiger partial charge < -0.3 is 25.5 Å². The van der Waals surface area contributed by atoms with Crippen molar-refractivity contribution in [2.45, 2.75) is 19.5 Å². The van der Waals surface area contributed by atoms with Crippen molar-refractivity contribution < 1.29 is 9.59 Å². The molecule has 1 aliphatic heterocycles. The predicted molar refractivity (Wildman–Crippen MR) is 137 cm³/mol. The topological polar surface area (TPSA) is 127 Å². The van der Waals surface area contributed by atoms with E-state index in [1.807, 2.05) is 18.2 Å². The highest BCUT2D eigenvalue weighted by Crippen LogP contribution is 2.22. The van der Waals surface area contributed by atoms with Gasteiger partial charge in [-0.2, -0.15) is 0 Å². The van der Waals surface area contributed by atoms with Gasteiger partial charge in [-0.3, -0.25) is 19.2 Å². The summed E-state index contributed by atoms with van der Waals surface area (Å²) < 4.78 is 0. The van der Waals surface area contributed by atoms with Crippen molar-refractivity contribution >= 4 is 28.5 Å². The summed E-state index contributed by atoms with van der Waals surface area (Å²) in [7, 11) is 2.08. The van der Waals surface area contributed by atoms with Crippen LogP contribution in [-0.4, -0.2) is 40.3 Å². The van der Waals surface area contributed by atoms with Crippen molar-refractivity contribution in [2.75, 3.05) is 18.9 Å². The molecule has 5 rings (SSSR count). The van der Waals surface area contributed by atoms with Crippen LogP contribution in [0.25, 0.3) is 11.0 Å². The Kier molecular flexibility index (Phi) is 6.22. The maximum Gasteiger partial charge on any atom is 0.314 e. The normalized spacial score (nSPS) is 13.2. The van der Waals surface area contributed by atoms with Crippen LogP contribution in [0.4, 0.5) is 5.69 Å². The number of anilines is 1. The molecular formula is C27H25N5O4. The van der Waals surface area contributed by atoms with E-state index in [-0.39, 0.29) is 18.4 Å². The lowest BCUT2D eigenvalue weighted by Gasteiger charge is -2.25. The molecule has 0 unspecified atom stereocenters. The molecule has 0 bridgehead atoms. The Morgan fingerprint density at radius 3 is 2.47 bits per heavy atom. The third-order valence-corrected chi connectivity index (χ3v) is 6.29. The number of rotatable bonds is 5. The van der Waals surface area contributed by atoms with Crippen LogP contribution in [0.3, 0.4) is 0 Å². The minimum atomic E-state index is -0.780. The molecule has 4 N–H and O–H groups in total. The largest absolute Gasteiger partial charge is 0.348 e. The highest BCUT2D eigenvalue weighted by molar-refractivity contribution is 6.04. The number of aromatic nitrogens is 2. The van der Waals surface area contributed by atoms with Crippen LogP contribution < -0.4 is 21.8 Å². The second kappa shape index (κ2) is 9.63. The molecule has 0 saturated heterocycles. The fourth-order valence-electron chi connectivity index (χ4n) is 4.34. The number of hydrogen-bond acceptors (Lipinski definition) is 5. The lowest BCUT2D eigenvalue weighted by Crippen LogP contribution is -2.29. The number of aromatic amines is 2. The molecule has 0 spiro atoms. The van der Waals surface area contributed by atoms with Crippen LogP contribution in [0, 0.1) is 0 Å². The molecule has 2 heterocycles. The molecule has 3 aromatic carbocycles. The number of nitrogens with zero attached hydrogens (tertiary/aromatic N) is 1. The summed E-state index contributed by atoms with van der Waals surface area (Å²) in [5, 5.41) is 5.79.